The van der Waals surface area contributed by atoms with Gasteiger partial charge in [0, 0.05) is 25.2 Å². The van der Waals surface area contributed by atoms with Crippen LogP contribution in [0.15, 0.2) is 12.1 Å². The number of hydrogen-bond donors (Lipinski definition) is 1. The Bertz CT molecular complexity index is 545. The molecule has 0 unspecified atom stereocenters. The lowest BCUT2D eigenvalue weighted by atomic mass is 10.1. The maximum atomic E-state index is 5.59. The molecule has 0 atom stereocenters. The summed E-state index contributed by atoms with van der Waals surface area (Å²) in [6.45, 7) is 0.688. The fourth-order valence-corrected chi connectivity index (χ4v) is 3.41. The number of ether oxygens (including phenoxy) is 3. The molecular formula is C17H26N2O3S. The van der Waals surface area contributed by atoms with Crippen LogP contribution < -0.4 is 19.5 Å². The molecule has 5 nitrogen and oxygen atoms in total. The number of hydrogen-bond acceptors (Lipinski definition) is 4. The SMILES string of the molecule is CNC(=S)N(Cc1ccc(OC)c(OC)c1OC)C1CCCC1. The molecule has 0 spiro atoms. The molecular weight excluding hydrogens is 312 g/mol. The lowest BCUT2D eigenvalue weighted by molar-refractivity contribution is 0.290. The summed E-state index contributed by atoms with van der Waals surface area (Å²) in [4.78, 5) is 2.26. The van der Waals surface area contributed by atoms with Crippen LogP contribution in [0, 0.1) is 0 Å². The summed E-state index contributed by atoms with van der Waals surface area (Å²) in [6, 6.07) is 4.40. The number of nitrogens with zero attached hydrogens (tertiary/aromatic N) is 1. The predicted octanol–water partition coefficient (Wildman–Crippen LogP) is 2.96. The van der Waals surface area contributed by atoms with E-state index in [4.69, 9.17) is 26.4 Å². The first-order chi connectivity index (χ1) is 11.2. The molecule has 0 aliphatic heterocycles. The largest absolute Gasteiger partial charge is 0.493 e. The molecule has 1 aromatic rings. The smallest absolute Gasteiger partial charge is 0.203 e. The van der Waals surface area contributed by atoms with E-state index in [0.29, 0.717) is 29.8 Å². The van der Waals surface area contributed by atoms with E-state index in [1.165, 1.54) is 25.7 Å². The number of thiocarbonyl (C=S) groups is 1. The molecule has 0 radical (unpaired) electrons. The first kappa shape index (κ1) is 17.7. The van der Waals surface area contributed by atoms with E-state index in [0.717, 1.165) is 10.7 Å². The van der Waals surface area contributed by atoms with Crippen molar-refractivity contribution in [2.24, 2.45) is 0 Å². The predicted molar refractivity (Wildman–Crippen MR) is 95.6 cm³/mol. The summed E-state index contributed by atoms with van der Waals surface area (Å²) in [7, 11) is 6.77. The highest BCUT2D eigenvalue weighted by molar-refractivity contribution is 7.80. The minimum absolute atomic E-state index is 0.479. The van der Waals surface area contributed by atoms with Crippen molar-refractivity contribution < 1.29 is 14.2 Å². The minimum atomic E-state index is 0.479. The first-order valence-electron chi connectivity index (χ1n) is 7.92. The van der Waals surface area contributed by atoms with E-state index in [2.05, 4.69) is 10.2 Å². The highest BCUT2D eigenvalue weighted by atomic mass is 32.1. The van der Waals surface area contributed by atoms with E-state index in [9.17, 15) is 0 Å². The quantitative estimate of drug-likeness (QED) is 0.805. The van der Waals surface area contributed by atoms with Crippen molar-refractivity contribution in [3.63, 3.8) is 0 Å². The zero-order chi connectivity index (χ0) is 16.8. The topological polar surface area (TPSA) is 43.0 Å². The third-order valence-corrected chi connectivity index (χ3v) is 4.81. The Labute approximate surface area is 143 Å². The van der Waals surface area contributed by atoms with Gasteiger partial charge in [-0.15, -0.1) is 0 Å². The zero-order valence-electron chi connectivity index (χ0n) is 14.3. The molecule has 1 aromatic carbocycles. The van der Waals surface area contributed by atoms with E-state index >= 15 is 0 Å². The van der Waals surface area contributed by atoms with Crippen LogP contribution in [0.3, 0.4) is 0 Å². The maximum absolute atomic E-state index is 5.59. The Morgan fingerprint density at radius 1 is 1.13 bits per heavy atom. The third-order valence-electron chi connectivity index (χ3n) is 4.37. The van der Waals surface area contributed by atoms with Crippen molar-refractivity contribution in [2.75, 3.05) is 28.4 Å². The van der Waals surface area contributed by atoms with Crippen LogP contribution in [0.25, 0.3) is 0 Å². The molecule has 1 fully saturated rings. The normalized spacial score (nSPS) is 14.4. The highest BCUT2D eigenvalue weighted by Gasteiger charge is 2.26. The fraction of sp³-hybridized carbons (Fsp3) is 0.588. The van der Waals surface area contributed by atoms with Gasteiger partial charge >= 0.3 is 0 Å². The van der Waals surface area contributed by atoms with Gasteiger partial charge in [-0.1, -0.05) is 12.8 Å². The summed E-state index contributed by atoms with van der Waals surface area (Å²) < 4.78 is 16.4. The monoisotopic (exact) mass is 338 g/mol. The molecule has 0 saturated heterocycles. The van der Waals surface area contributed by atoms with Crippen molar-refractivity contribution in [1.82, 2.24) is 10.2 Å². The maximum Gasteiger partial charge on any atom is 0.203 e. The van der Waals surface area contributed by atoms with Crippen molar-refractivity contribution >= 4 is 17.3 Å². The van der Waals surface area contributed by atoms with Crippen molar-refractivity contribution in [1.29, 1.82) is 0 Å². The van der Waals surface area contributed by atoms with Crippen LogP contribution in [-0.4, -0.2) is 44.4 Å². The Kier molecular flexibility index (Phi) is 6.33. The third kappa shape index (κ3) is 3.80. The van der Waals surface area contributed by atoms with Gasteiger partial charge in [0.05, 0.1) is 21.3 Å². The van der Waals surface area contributed by atoms with E-state index in [1.807, 2.05) is 19.2 Å². The van der Waals surface area contributed by atoms with Gasteiger partial charge in [0.25, 0.3) is 0 Å². The molecule has 0 aromatic heterocycles. The summed E-state index contributed by atoms with van der Waals surface area (Å²) >= 11 is 5.52. The van der Waals surface area contributed by atoms with Crippen LogP contribution in [0.5, 0.6) is 17.2 Å². The summed E-state index contributed by atoms with van der Waals surface area (Å²) in [5, 5.41) is 3.88. The van der Waals surface area contributed by atoms with E-state index < -0.39 is 0 Å². The molecule has 1 aliphatic carbocycles. The molecule has 1 aliphatic rings. The Morgan fingerprint density at radius 3 is 2.30 bits per heavy atom. The summed E-state index contributed by atoms with van der Waals surface area (Å²) in [5.41, 5.74) is 1.04. The molecule has 0 bridgehead atoms. The molecule has 1 saturated carbocycles. The zero-order valence-corrected chi connectivity index (χ0v) is 15.2. The second-order valence-electron chi connectivity index (χ2n) is 5.61. The standard InChI is InChI=1S/C17H26N2O3S/c1-18-17(23)19(13-7-5-6-8-13)11-12-9-10-14(20-2)16(22-4)15(12)21-3/h9-10,13H,5-8,11H2,1-4H3,(H,18,23). The summed E-state index contributed by atoms with van der Waals surface area (Å²) in [6.07, 6.45) is 4.88. The first-order valence-corrected chi connectivity index (χ1v) is 8.33. The van der Waals surface area contributed by atoms with Gasteiger partial charge < -0.3 is 24.4 Å². The van der Waals surface area contributed by atoms with Crippen molar-refractivity contribution in [3.8, 4) is 17.2 Å². The van der Waals surface area contributed by atoms with Crippen LogP contribution in [0.1, 0.15) is 31.2 Å². The molecule has 0 amide bonds. The van der Waals surface area contributed by atoms with Crippen LogP contribution in [-0.2, 0) is 6.54 Å². The van der Waals surface area contributed by atoms with Gasteiger partial charge in [0.2, 0.25) is 5.75 Å². The number of benzene rings is 1. The van der Waals surface area contributed by atoms with E-state index in [1.54, 1.807) is 21.3 Å². The van der Waals surface area contributed by atoms with Crippen molar-refractivity contribution in [3.05, 3.63) is 17.7 Å². The molecule has 128 valence electrons. The lowest BCUT2D eigenvalue weighted by Crippen LogP contribution is -2.43. The molecule has 2 rings (SSSR count). The second kappa shape index (κ2) is 8.24. The number of methoxy groups -OCH3 is 3. The van der Waals surface area contributed by atoms with Crippen molar-refractivity contribution in [2.45, 2.75) is 38.3 Å². The number of nitrogens with one attached hydrogen (secondary N) is 1. The van der Waals surface area contributed by atoms with Gasteiger partial charge in [0.1, 0.15) is 0 Å². The van der Waals surface area contributed by atoms with E-state index in [-0.39, 0.29) is 0 Å². The summed E-state index contributed by atoms with van der Waals surface area (Å²) in [5.74, 6) is 1.99. The highest BCUT2D eigenvalue weighted by Crippen LogP contribution is 2.40. The van der Waals surface area contributed by atoms with Gasteiger partial charge in [-0.25, -0.2) is 0 Å². The Hall–Kier alpha value is -1.69. The Balaban J connectivity index is 2.33. The van der Waals surface area contributed by atoms with Crippen LogP contribution >= 0.6 is 12.2 Å². The van der Waals surface area contributed by atoms with Gasteiger partial charge in [-0.2, -0.15) is 0 Å². The second-order valence-corrected chi connectivity index (χ2v) is 6.00. The number of rotatable bonds is 6. The van der Waals surface area contributed by atoms with Gasteiger partial charge in [-0.05, 0) is 37.2 Å². The molecule has 0 heterocycles. The lowest BCUT2D eigenvalue weighted by Gasteiger charge is -2.32. The van der Waals surface area contributed by atoms with Gasteiger partial charge in [-0.3, -0.25) is 0 Å². The van der Waals surface area contributed by atoms with Crippen LogP contribution in [0.4, 0.5) is 0 Å². The molecule has 23 heavy (non-hydrogen) atoms. The molecule has 1 N–H and O–H groups in total. The fourth-order valence-electron chi connectivity index (χ4n) is 3.20. The van der Waals surface area contributed by atoms with Crippen LogP contribution in [0.2, 0.25) is 0 Å². The Morgan fingerprint density at radius 2 is 1.78 bits per heavy atom. The molecule has 6 heteroatoms. The average Bonchev–Trinajstić information content (AvgIpc) is 3.12. The minimum Gasteiger partial charge on any atom is -0.493 e. The average molecular weight is 338 g/mol. The van der Waals surface area contributed by atoms with Gasteiger partial charge in [0.15, 0.2) is 16.6 Å².